The third kappa shape index (κ3) is 3.12. The van der Waals surface area contributed by atoms with Crippen molar-refractivity contribution in [1.29, 1.82) is 0 Å². The predicted octanol–water partition coefficient (Wildman–Crippen LogP) is 2.14. The fraction of sp³-hybridized carbons (Fsp3) is 0.923. The summed E-state index contributed by atoms with van der Waals surface area (Å²) in [5.41, 5.74) is 0. The number of carbonyl (C=O) groups excluding carboxylic acids is 1. The van der Waals surface area contributed by atoms with Gasteiger partial charge in [0.1, 0.15) is 0 Å². The van der Waals surface area contributed by atoms with Gasteiger partial charge in [0.15, 0.2) is 0 Å². The van der Waals surface area contributed by atoms with Crippen LogP contribution in [-0.4, -0.2) is 42.3 Å². The molecule has 0 aromatic carbocycles. The number of nitrogens with zero attached hydrogens (tertiary/aromatic N) is 1. The van der Waals surface area contributed by atoms with E-state index in [-0.39, 0.29) is 12.2 Å². The van der Waals surface area contributed by atoms with E-state index >= 15 is 0 Å². The molecule has 0 saturated carbocycles. The average molecular weight is 240 g/mol. The first-order valence-electron chi connectivity index (χ1n) is 6.89. The molecular formula is C13H24N2O2. The van der Waals surface area contributed by atoms with Crippen LogP contribution in [0, 0.1) is 0 Å². The lowest BCUT2D eigenvalue weighted by atomic mass is 9.95. The number of likely N-dealkylation sites (tertiary alicyclic amines) is 1. The number of nitrogens with one attached hydrogen (secondary N) is 1. The Labute approximate surface area is 104 Å². The lowest BCUT2D eigenvalue weighted by molar-refractivity contribution is 0.0457. The Morgan fingerprint density at radius 1 is 1.29 bits per heavy atom. The summed E-state index contributed by atoms with van der Waals surface area (Å²) in [7, 11) is 0. The summed E-state index contributed by atoms with van der Waals surface area (Å²) < 4.78 is 5.34. The number of carbonyl (C=O) groups is 1. The largest absolute Gasteiger partial charge is 0.447 e. The van der Waals surface area contributed by atoms with E-state index in [1.807, 2.05) is 18.7 Å². The number of piperidine rings is 1. The van der Waals surface area contributed by atoms with Crippen LogP contribution in [0.2, 0.25) is 0 Å². The van der Waals surface area contributed by atoms with E-state index in [4.69, 9.17) is 4.74 Å². The smallest absolute Gasteiger partial charge is 0.410 e. The third-order valence-corrected chi connectivity index (χ3v) is 3.68. The monoisotopic (exact) mass is 240 g/mol. The molecule has 0 aliphatic carbocycles. The molecule has 0 radical (unpaired) electrons. The molecule has 1 amide bonds. The van der Waals surface area contributed by atoms with Gasteiger partial charge in [-0.15, -0.1) is 0 Å². The Balaban J connectivity index is 1.98. The molecule has 4 heteroatoms. The maximum absolute atomic E-state index is 12.1. The highest BCUT2D eigenvalue weighted by atomic mass is 16.6. The van der Waals surface area contributed by atoms with Gasteiger partial charge in [0.05, 0.1) is 12.1 Å². The van der Waals surface area contributed by atoms with Gasteiger partial charge in [-0.1, -0.05) is 0 Å². The van der Waals surface area contributed by atoms with Gasteiger partial charge >= 0.3 is 6.09 Å². The van der Waals surface area contributed by atoms with Crippen LogP contribution in [0.25, 0.3) is 0 Å². The van der Waals surface area contributed by atoms with Crippen molar-refractivity contribution in [3.8, 4) is 0 Å². The Morgan fingerprint density at radius 2 is 2.12 bits per heavy atom. The molecule has 0 aromatic rings. The van der Waals surface area contributed by atoms with Crippen molar-refractivity contribution in [1.82, 2.24) is 10.2 Å². The topological polar surface area (TPSA) is 41.6 Å². The maximum Gasteiger partial charge on any atom is 0.410 e. The molecule has 2 rings (SSSR count). The zero-order valence-corrected chi connectivity index (χ0v) is 10.9. The molecular weight excluding hydrogens is 216 g/mol. The van der Waals surface area contributed by atoms with Gasteiger partial charge in [-0.25, -0.2) is 4.79 Å². The van der Waals surface area contributed by atoms with Crippen molar-refractivity contribution in [2.45, 2.75) is 64.1 Å². The highest BCUT2D eigenvalue weighted by Gasteiger charge is 2.35. The molecule has 2 unspecified atom stereocenters. The Bertz CT molecular complexity index is 262. The van der Waals surface area contributed by atoms with Crippen LogP contribution in [0.5, 0.6) is 0 Å². The SMILES string of the molecule is CC(C)OC(=O)N1CCCCC1C1CCCN1. The number of hydrogen-bond donors (Lipinski definition) is 1. The second-order valence-corrected chi connectivity index (χ2v) is 5.39. The van der Waals surface area contributed by atoms with Gasteiger partial charge in [0.2, 0.25) is 0 Å². The highest BCUT2D eigenvalue weighted by molar-refractivity contribution is 5.68. The molecule has 0 aromatic heterocycles. The predicted molar refractivity (Wildman–Crippen MR) is 67.0 cm³/mol. The second-order valence-electron chi connectivity index (χ2n) is 5.39. The third-order valence-electron chi connectivity index (χ3n) is 3.68. The second kappa shape index (κ2) is 5.71. The maximum atomic E-state index is 12.1. The molecule has 2 saturated heterocycles. The van der Waals surface area contributed by atoms with Crippen LogP contribution >= 0.6 is 0 Å². The normalized spacial score (nSPS) is 29.7. The summed E-state index contributed by atoms with van der Waals surface area (Å²) in [5.74, 6) is 0. The average Bonchev–Trinajstić information content (AvgIpc) is 2.81. The molecule has 2 aliphatic rings. The van der Waals surface area contributed by atoms with Gasteiger partial charge in [0, 0.05) is 12.6 Å². The van der Waals surface area contributed by atoms with E-state index in [0.29, 0.717) is 12.1 Å². The Kier molecular flexibility index (Phi) is 4.26. The molecule has 98 valence electrons. The number of rotatable bonds is 2. The van der Waals surface area contributed by atoms with Crippen LogP contribution in [0.3, 0.4) is 0 Å². The standard InChI is InChI=1S/C13H24N2O2/c1-10(2)17-13(16)15-9-4-3-7-12(15)11-6-5-8-14-11/h10-12,14H,3-9H2,1-2H3. The van der Waals surface area contributed by atoms with E-state index < -0.39 is 0 Å². The lowest BCUT2D eigenvalue weighted by Crippen LogP contribution is -2.53. The summed E-state index contributed by atoms with van der Waals surface area (Å²) in [6, 6.07) is 0.826. The summed E-state index contributed by atoms with van der Waals surface area (Å²) in [5, 5.41) is 3.52. The van der Waals surface area contributed by atoms with Crippen molar-refractivity contribution in [3.63, 3.8) is 0 Å². The Hall–Kier alpha value is -0.770. The van der Waals surface area contributed by atoms with Crippen LogP contribution in [0.1, 0.15) is 46.0 Å². The first-order valence-corrected chi connectivity index (χ1v) is 6.89. The summed E-state index contributed by atoms with van der Waals surface area (Å²) in [6.45, 7) is 5.76. The van der Waals surface area contributed by atoms with Crippen LogP contribution < -0.4 is 5.32 Å². The quantitative estimate of drug-likeness (QED) is 0.804. The fourth-order valence-corrected chi connectivity index (χ4v) is 2.91. The van der Waals surface area contributed by atoms with Gasteiger partial charge in [0.25, 0.3) is 0 Å². The van der Waals surface area contributed by atoms with Crippen molar-refractivity contribution in [2.24, 2.45) is 0 Å². The van der Waals surface area contributed by atoms with E-state index in [1.54, 1.807) is 0 Å². The molecule has 2 aliphatic heterocycles. The van der Waals surface area contributed by atoms with E-state index in [1.165, 1.54) is 19.3 Å². The van der Waals surface area contributed by atoms with E-state index in [0.717, 1.165) is 25.9 Å². The molecule has 2 heterocycles. The van der Waals surface area contributed by atoms with E-state index in [9.17, 15) is 4.79 Å². The zero-order valence-electron chi connectivity index (χ0n) is 10.9. The fourth-order valence-electron chi connectivity index (χ4n) is 2.91. The molecule has 17 heavy (non-hydrogen) atoms. The summed E-state index contributed by atoms with van der Waals surface area (Å²) >= 11 is 0. The summed E-state index contributed by atoms with van der Waals surface area (Å²) in [6.07, 6.45) is 5.72. The minimum atomic E-state index is -0.126. The van der Waals surface area contributed by atoms with Crippen molar-refractivity contribution >= 4 is 6.09 Å². The molecule has 2 fully saturated rings. The van der Waals surface area contributed by atoms with Gasteiger partial charge in [-0.05, 0) is 52.5 Å². The summed E-state index contributed by atoms with van der Waals surface area (Å²) in [4.78, 5) is 14.0. The van der Waals surface area contributed by atoms with Gasteiger partial charge in [-0.2, -0.15) is 0 Å². The molecule has 0 bridgehead atoms. The van der Waals surface area contributed by atoms with Crippen LogP contribution in [-0.2, 0) is 4.74 Å². The molecule has 1 N–H and O–H groups in total. The molecule has 4 nitrogen and oxygen atoms in total. The number of hydrogen-bond acceptors (Lipinski definition) is 3. The number of ether oxygens (including phenoxy) is 1. The lowest BCUT2D eigenvalue weighted by Gasteiger charge is -2.38. The van der Waals surface area contributed by atoms with Crippen LogP contribution in [0.4, 0.5) is 4.79 Å². The first-order chi connectivity index (χ1) is 8.18. The van der Waals surface area contributed by atoms with Crippen LogP contribution in [0.15, 0.2) is 0 Å². The minimum Gasteiger partial charge on any atom is -0.447 e. The number of amides is 1. The van der Waals surface area contributed by atoms with Crippen molar-refractivity contribution in [2.75, 3.05) is 13.1 Å². The molecule has 2 atom stereocenters. The molecule has 0 spiro atoms. The minimum absolute atomic E-state index is 0.0263. The first kappa shape index (κ1) is 12.7. The van der Waals surface area contributed by atoms with E-state index in [2.05, 4.69) is 5.32 Å². The van der Waals surface area contributed by atoms with Gasteiger partial charge in [-0.3, -0.25) is 0 Å². The highest BCUT2D eigenvalue weighted by Crippen LogP contribution is 2.25. The van der Waals surface area contributed by atoms with Crippen molar-refractivity contribution < 1.29 is 9.53 Å². The zero-order chi connectivity index (χ0) is 12.3. The Morgan fingerprint density at radius 3 is 2.76 bits per heavy atom. The van der Waals surface area contributed by atoms with Crippen molar-refractivity contribution in [3.05, 3.63) is 0 Å². The van der Waals surface area contributed by atoms with Gasteiger partial charge < -0.3 is 15.0 Å².